The Morgan fingerprint density at radius 3 is 2.18 bits per heavy atom. The monoisotopic (exact) mass is 502 g/mol. The van der Waals surface area contributed by atoms with Crippen molar-refractivity contribution in [2.45, 2.75) is 102 Å². The van der Waals surface area contributed by atoms with Gasteiger partial charge in [0.15, 0.2) is 28.5 Å². The lowest BCUT2D eigenvalue weighted by molar-refractivity contribution is -0.149. The van der Waals surface area contributed by atoms with Crippen LogP contribution in [0.2, 0.25) is 36.3 Å². The molecule has 3 atom stereocenters. The summed E-state index contributed by atoms with van der Waals surface area (Å²) in [6, 6.07) is 0. The van der Waals surface area contributed by atoms with Crippen molar-refractivity contribution in [3.63, 3.8) is 0 Å². The average molecular weight is 503 g/mol. The minimum Gasteiger partial charge on any atom is -0.413 e. The molecule has 0 unspecified atom stereocenters. The topological polar surface area (TPSA) is 99.6 Å². The van der Waals surface area contributed by atoms with Gasteiger partial charge in [0, 0.05) is 6.42 Å². The Morgan fingerprint density at radius 2 is 1.70 bits per heavy atom. The molecule has 1 saturated heterocycles. The third kappa shape index (κ3) is 5.64. The molecule has 2 rings (SSSR count). The van der Waals surface area contributed by atoms with Crippen LogP contribution >= 0.6 is 0 Å². The zero-order chi connectivity index (χ0) is 25.6. The highest BCUT2D eigenvalue weighted by Crippen LogP contribution is 2.45. The van der Waals surface area contributed by atoms with E-state index in [1.807, 2.05) is 4.98 Å². The third-order valence-corrected chi connectivity index (χ3v) is 16.4. The molecule has 1 N–H and O–H groups in total. The predicted molar refractivity (Wildman–Crippen MR) is 130 cm³/mol. The number of H-pyrrole nitrogens is 1. The van der Waals surface area contributed by atoms with Crippen LogP contribution in [0.15, 0.2) is 15.8 Å². The van der Waals surface area contributed by atoms with Crippen molar-refractivity contribution < 1.29 is 22.8 Å². The maximum Gasteiger partial charge on any atom is 0.330 e. The molecule has 0 spiro atoms. The standard InChI is InChI=1S/C22H39FN2O6Si2/c1-20(2,3)32(7,8)29-14-22(13-26)16(31-33(9,10)21(4,5)6)11-17(30-22)25-12-15(23)18(27)24-19(25)28/h12-13,16-17H,11,14H2,1-10H3,(H,24,27,28)/t16-,17+,22+/m0/s1. The van der Waals surface area contributed by atoms with Crippen molar-refractivity contribution in [1.82, 2.24) is 9.55 Å². The summed E-state index contributed by atoms with van der Waals surface area (Å²) in [7, 11) is -4.60. The normalized spacial score (nSPS) is 24.8. The average Bonchev–Trinajstić information content (AvgIpc) is 2.99. The number of hydrogen-bond donors (Lipinski definition) is 1. The van der Waals surface area contributed by atoms with Gasteiger partial charge in [-0.25, -0.2) is 4.79 Å². The molecule has 2 heterocycles. The second-order valence-electron chi connectivity index (χ2n) is 11.9. The summed E-state index contributed by atoms with van der Waals surface area (Å²) in [6.07, 6.45) is -0.0627. The number of carbonyl (C=O) groups is 1. The molecule has 0 aromatic carbocycles. The molecule has 1 aliphatic rings. The van der Waals surface area contributed by atoms with Gasteiger partial charge in [-0.15, -0.1) is 0 Å². The zero-order valence-corrected chi connectivity index (χ0v) is 23.5. The van der Waals surface area contributed by atoms with Crippen LogP contribution in [0.3, 0.4) is 0 Å². The van der Waals surface area contributed by atoms with Crippen molar-refractivity contribution in [2.75, 3.05) is 6.61 Å². The van der Waals surface area contributed by atoms with Crippen LogP contribution < -0.4 is 11.2 Å². The Labute approximate surface area is 197 Å². The van der Waals surface area contributed by atoms with Gasteiger partial charge in [0.25, 0.3) is 5.56 Å². The Bertz CT molecular complexity index is 992. The second-order valence-corrected chi connectivity index (χ2v) is 21.5. The molecule has 1 aliphatic heterocycles. The van der Waals surface area contributed by atoms with E-state index in [0.29, 0.717) is 6.29 Å². The highest BCUT2D eigenvalue weighted by atomic mass is 28.4. The van der Waals surface area contributed by atoms with Crippen LogP contribution in [0.1, 0.15) is 54.2 Å². The number of aldehydes is 1. The minimum absolute atomic E-state index is 0.0383. The molecular weight excluding hydrogens is 463 g/mol. The van der Waals surface area contributed by atoms with Gasteiger partial charge in [0.1, 0.15) is 6.23 Å². The number of halogens is 1. The van der Waals surface area contributed by atoms with Crippen LogP contribution in [-0.4, -0.2) is 50.8 Å². The fraction of sp³-hybridized carbons (Fsp3) is 0.773. The SMILES string of the molecule is CC(C)(C)[Si](C)(C)OC[C@@]1(C=O)O[C@@H](n2cc(F)c(=O)[nH]c2=O)C[C@@H]1O[Si](C)(C)C(C)(C)C. The van der Waals surface area contributed by atoms with E-state index in [2.05, 4.69) is 67.7 Å². The lowest BCUT2D eigenvalue weighted by Crippen LogP contribution is -2.55. The first-order valence-electron chi connectivity index (χ1n) is 11.2. The lowest BCUT2D eigenvalue weighted by atomic mass is 10.00. The summed E-state index contributed by atoms with van der Waals surface area (Å²) in [6.45, 7) is 20.8. The number of nitrogens with one attached hydrogen (secondary N) is 1. The third-order valence-electron chi connectivity index (χ3n) is 7.46. The van der Waals surface area contributed by atoms with Crippen LogP contribution in [0.4, 0.5) is 4.39 Å². The Hall–Kier alpha value is -1.41. The van der Waals surface area contributed by atoms with Crippen molar-refractivity contribution in [3.05, 3.63) is 32.9 Å². The van der Waals surface area contributed by atoms with Gasteiger partial charge in [-0.2, -0.15) is 4.39 Å². The quantitative estimate of drug-likeness (QED) is 0.448. The lowest BCUT2D eigenvalue weighted by Gasteiger charge is -2.43. The van der Waals surface area contributed by atoms with Crippen molar-refractivity contribution in [3.8, 4) is 0 Å². The number of carbonyl (C=O) groups excluding carboxylic acids is 1. The summed E-state index contributed by atoms with van der Waals surface area (Å²) in [4.78, 5) is 38.4. The summed E-state index contributed by atoms with van der Waals surface area (Å²) in [5, 5.41) is -0.231. The van der Waals surface area contributed by atoms with E-state index in [-0.39, 0.29) is 23.1 Å². The fourth-order valence-electron chi connectivity index (χ4n) is 3.06. The molecule has 0 radical (unpaired) electrons. The van der Waals surface area contributed by atoms with E-state index in [1.165, 1.54) is 0 Å². The number of aromatic amines is 1. The summed E-state index contributed by atoms with van der Waals surface area (Å²) in [5.74, 6) is -1.11. The molecule has 0 amide bonds. The summed E-state index contributed by atoms with van der Waals surface area (Å²) < 4.78 is 34.0. The number of ether oxygens (including phenoxy) is 1. The van der Waals surface area contributed by atoms with Crippen LogP contribution in [0.5, 0.6) is 0 Å². The van der Waals surface area contributed by atoms with E-state index in [9.17, 15) is 18.8 Å². The van der Waals surface area contributed by atoms with Gasteiger partial charge < -0.3 is 13.6 Å². The largest absolute Gasteiger partial charge is 0.413 e. The molecule has 33 heavy (non-hydrogen) atoms. The fourth-order valence-corrected chi connectivity index (χ4v) is 5.44. The minimum atomic E-state index is -2.35. The molecule has 11 heteroatoms. The van der Waals surface area contributed by atoms with Gasteiger partial charge in [-0.1, -0.05) is 41.5 Å². The Balaban J connectivity index is 2.50. The number of rotatable bonds is 7. The van der Waals surface area contributed by atoms with E-state index in [1.54, 1.807) is 0 Å². The highest BCUT2D eigenvalue weighted by Gasteiger charge is 2.55. The zero-order valence-electron chi connectivity index (χ0n) is 21.5. The van der Waals surface area contributed by atoms with Gasteiger partial charge in [0.2, 0.25) is 5.82 Å². The molecule has 1 aromatic heterocycles. The summed E-state index contributed by atoms with van der Waals surface area (Å²) >= 11 is 0. The first-order valence-corrected chi connectivity index (χ1v) is 17.0. The smallest absolute Gasteiger partial charge is 0.330 e. The molecule has 1 aromatic rings. The maximum absolute atomic E-state index is 14.0. The van der Waals surface area contributed by atoms with Crippen LogP contribution in [0.25, 0.3) is 0 Å². The van der Waals surface area contributed by atoms with E-state index in [0.717, 1.165) is 10.8 Å². The van der Waals surface area contributed by atoms with Gasteiger partial charge in [-0.3, -0.25) is 19.1 Å². The first kappa shape index (κ1) is 27.8. The van der Waals surface area contributed by atoms with Gasteiger partial charge >= 0.3 is 5.69 Å². The molecular formula is C22H39FN2O6Si2. The number of aromatic nitrogens is 2. The van der Waals surface area contributed by atoms with Crippen molar-refractivity contribution in [1.29, 1.82) is 0 Å². The summed E-state index contributed by atoms with van der Waals surface area (Å²) in [5.41, 5.74) is -3.39. The molecule has 0 bridgehead atoms. The Kier molecular flexibility index (Phi) is 7.58. The van der Waals surface area contributed by atoms with E-state index >= 15 is 0 Å². The molecule has 0 aliphatic carbocycles. The van der Waals surface area contributed by atoms with Crippen molar-refractivity contribution >= 4 is 22.9 Å². The number of nitrogens with zero attached hydrogens (tertiary/aromatic N) is 1. The van der Waals surface area contributed by atoms with Gasteiger partial charge in [-0.05, 0) is 36.3 Å². The molecule has 0 saturated carbocycles. The highest BCUT2D eigenvalue weighted by molar-refractivity contribution is 6.74. The molecule has 188 valence electrons. The van der Waals surface area contributed by atoms with E-state index < -0.39 is 51.6 Å². The predicted octanol–water partition coefficient (Wildman–Crippen LogP) is 3.94. The van der Waals surface area contributed by atoms with Crippen LogP contribution in [0, 0.1) is 5.82 Å². The second kappa shape index (κ2) is 8.99. The maximum atomic E-state index is 14.0. The van der Waals surface area contributed by atoms with Crippen LogP contribution in [-0.2, 0) is 18.4 Å². The Morgan fingerprint density at radius 1 is 1.15 bits per heavy atom. The van der Waals surface area contributed by atoms with E-state index in [4.69, 9.17) is 13.6 Å². The van der Waals surface area contributed by atoms with Gasteiger partial charge in [0.05, 0.1) is 18.9 Å². The van der Waals surface area contributed by atoms with Crippen molar-refractivity contribution in [2.24, 2.45) is 0 Å². The molecule has 8 nitrogen and oxygen atoms in total. The number of hydrogen-bond acceptors (Lipinski definition) is 6. The first-order chi connectivity index (χ1) is 14.8. The molecule has 1 fully saturated rings.